The summed E-state index contributed by atoms with van der Waals surface area (Å²) < 4.78 is 19.3. The molecule has 0 atom stereocenters. The molecule has 0 N–H and O–H groups in total. The van der Waals surface area contributed by atoms with Crippen molar-refractivity contribution >= 4 is 23.5 Å². The second kappa shape index (κ2) is 12.8. The molecular weight excluding hydrogens is 638 g/mol. The van der Waals surface area contributed by atoms with Gasteiger partial charge in [0.1, 0.15) is 11.4 Å². The number of nitrogens with zero attached hydrogens (tertiary/aromatic N) is 5. The Hall–Kier alpha value is -3.27. The van der Waals surface area contributed by atoms with Gasteiger partial charge in [0, 0.05) is 74.2 Å². The average Bonchev–Trinajstić information content (AvgIpc) is 3.31. The van der Waals surface area contributed by atoms with Gasteiger partial charge in [-0.1, -0.05) is 41.9 Å². The Bertz CT molecular complexity index is 1700. The number of ether oxygens (including phenoxy) is 3. The van der Waals surface area contributed by atoms with Gasteiger partial charge in [0.15, 0.2) is 12.6 Å². The van der Waals surface area contributed by atoms with Crippen LogP contribution in [0.4, 0.5) is 10.6 Å². The van der Waals surface area contributed by atoms with E-state index in [-0.39, 0.29) is 29.9 Å². The van der Waals surface area contributed by atoms with Crippen LogP contribution in [0.1, 0.15) is 81.3 Å². The lowest BCUT2D eigenvalue weighted by molar-refractivity contribution is -0.0930. The molecule has 0 unspecified atom stereocenters. The maximum absolute atomic E-state index is 12.7. The summed E-state index contributed by atoms with van der Waals surface area (Å²) in [6.45, 7) is 17.6. The number of hydrogen-bond acceptors (Lipinski definition) is 7. The van der Waals surface area contributed by atoms with E-state index in [1.165, 1.54) is 12.0 Å². The van der Waals surface area contributed by atoms with Gasteiger partial charge in [0.2, 0.25) is 0 Å². The van der Waals surface area contributed by atoms with Gasteiger partial charge in [-0.3, -0.25) is 9.58 Å². The molecule has 1 aromatic heterocycles. The highest BCUT2D eigenvalue weighted by molar-refractivity contribution is 6.34. The fourth-order valence-corrected chi connectivity index (χ4v) is 9.02. The number of aromatic nitrogens is 2. The number of halogens is 1. The number of benzene rings is 2. The predicted octanol–water partition coefficient (Wildman–Crippen LogP) is 7.93. The molecule has 2 spiro atoms. The highest BCUT2D eigenvalue weighted by atomic mass is 35.5. The summed E-state index contributed by atoms with van der Waals surface area (Å²) in [7, 11) is 1.64. The second-order valence-corrected chi connectivity index (χ2v) is 16.5. The van der Waals surface area contributed by atoms with Crippen LogP contribution >= 0.6 is 11.6 Å². The van der Waals surface area contributed by atoms with Crippen LogP contribution in [0.15, 0.2) is 36.4 Å². The largest absolute Gasteiger partial charge is 0.467 e. The predicted molar refractivity (Wildman–Crippen MR) is 194 cm³/mol. The van der Waals surface area contributed by atoms with Crippen LogP contribution in [-0.2, 0) is 16.0 Å². The summed E-state index contributed by atoms with van der Waals surface area (Å²) in [5.41, 5.74) is 6.25. The number of aryl methyl sites for hydroxylation is 1. The molecule has 4 aliphatic rings. The quantitative estimate of drug-likeness (QED) is 0.223. The molecule has 0 radical (unpaired) electrons. The molecule has 7 rings (SSSR count). The van der Waals surface area contributed by atoms with Crippen LogP contribution in [0.5, 0.6) is 5.75 Å². The minimum Gasteiger partial charge on any atom is -0.467 e. The summed E-state index contributed by atoms with van der Waals surface area (Å²) in [6, 6.07) is 13.1. The first-order valence-corrected chi connectivity index (χ1v) is 18.2. The van der Waals surface area contributed by atoms with Gasteiger partial charge in [0.25, 0.3) is 0 Å². The first-order valence-electron chi connectivity index (χ1n) is 17.8. The first kappa shape index (κ1) is 34.2. The highest BCUT2D eigenvalue weighted by Gasteiger charge is 2.56. The molecule has 9 nitrogen and oxygen atoms in total. The van der Waals surface area contributed by atoms with Crippen molar-refractivity contribution < 1.29 is 19.0 Å². The van der Waals surface area contributed by atoms with Crippen molar-refractivity contribution in [1.29, 1.82) is 0 Å². The molecule has 2 saturated heterocycles. The third kappa shape index (κ3) is 6.31. The first-order chi connectivity index (χ1) is 23.3. The third-order valence-electron chi connectivity index (χ3n) is 11.3. The average molecular weight is 690 g/mol. The number of methoxy groups -OCH3 is 1. The van der Waals surface area contributed by atoms with Gasteiger partial charge in [-0.2, -0.15) is 5.10 Å². The van der Waals surface area contributed by atoms with Crippen molar-refractivity contribution in [2.45, 2.75) is 97.4 Å². The van der Waals surface area contributed by atoms with Crippen molar-refractivity contribution in [1.82, 2.24) is 19.6 Å². The highest BCUT2D eigenvalue weighted by Crippen LogP contribution is 2.56. The van der Waals surface area contributed by atoms with Gasteiger partial charge in [-0.05, 0) is 90.8 Å². The van der Waals surface area contributed by atoms with E-state index in [2.05, 4.69) is 58.7 Å². The lowest BCUT2D eigenvalue weighted by Gasteiger charge is -2.58. The summed E-state index contributed by atoms with van der Waals surface area (Å²) >= 11 is 7.26. The number of carbonyl (C=O) groups is 1. The maximum Gasteiger partial charge on any atom is 0.410 e. The molecule has 2 aliphatic heterocycles. The third-order valence-corrected chi connectivity index (χ3v) is 11.8. The molecule has 2 saturated carbocycles. The Morgan fingerprint density at radius 2 is 1.73 bits per heavy atom. The number of piperazine rings is 1. The lowest BCUT2D eigenvalue weighted by Crippen LogP contribution is -2.66. The van der Waals surface area contributed by atoms with Gasteiger partial charge < -0.3 is 24.0 Å². The Morgan fingerprint density at radius 1 is 1.02 bits per heavy atom. The van der Waals surface area contributed by atoms with E-state index >= 15 is 0 Å². The molecule has 3 heterocycles. The standard InChI is InChI=1S/C39H52ClN5O4/c1-26-18-31(48-25-47-7)27(2)32(34(26)40)33-28(3)45(30-19-38(20-30)22-43(23-38)36(46)49-37(4,5)6)41-35(33)44-17-16-42(24-39(44)14-11-15-39)21-29-12-9-8-10-13-29/h8-10,12-13,18,30H,11,14-17,19-25H2,1-7H3. The molecular formula is C39H52ClN5O4. The van der Waals surface area contributed by atoms with Crippen LogP contribution < -0.4 is 9.64 Å². The van der Waals surface area contributed by atoms with Gasteiger partial charge in [0.05, 0.1) is 16.6 Å². The molecule has 3 aromatic rings. The molecule has 2 aromatic carbocycles. The molecule has 1 amide bonds. The van der Waals surface area contributed by atoms with E-state index in [0.717, 1.165) is 109 Å². The van der Waals surface area contributed by atoms with E-state index in [1.54, 1.807) is 7.11 Å². The number of rotatable bonds is 8. The van der Waals surface area contributed by atoms with E-state index in [9.17, 15) is 4.79 Å². The van der Waals surface area contributed by atoms with E-state index in [1.807, 2.05) is 38.7 Å². The normalized spacial score (nSPS) is 20.2. The topological polar surface area (TPSA) is 72.3 Å². The van der Waals surface area contributed by atoms with Crippen LogP contribution in [0.2, 0.25) is 5.02 Å². The van der Waals surface area contributed by atoms with Crippen molar-refractivity contribution in [3.8, 4) is 16.9 Å². The lowest BCUT2D eigenvalue weighted by atomic mass is 9.61. The minimum absolute atomic E-state index is 0.0374. The van der Waals surface area contributed by atoms with Crippen molar-refractivity contribution in [3.63, 3.8) is 0 Å². The van der Waals surface area contributed by atoms with E-state index in [0.29, 0.717) is 0 Å². The van der Waals surface area contributed by atoms with Gasteiger partial charge >= 0.3 is 6.09 Å². The SMILES string of the molecule is COCOc1cc(C)c(Cl)c(-c2c(N3CCN(Cc4ccccc4)CC34CCC4)nn(C3CC4(C3)CN(C(=O)OC(C)(C)C)C4)c2C)c1C. The van der Waals surface area contributed by atoms with Crippen LogP contribution in [0.25, 0.3) is 11.1 Å². The summed E-state index contributed by atoms with van der Waals surface area (Å²) in [5.74, 6) is 1.82. The number of amides is 1. The summed E-state index contributed by atoms with van der Waals surface area (Å²) in [4.78, 5) is 19.8. The zero-order valence-electron chi connectivity index (χ0n) is 30.3. The Morgan fingerprint density at radius 3 is 2.37 bits per heavy atom. The van der Waals surface area contributed by atoms with E-state index < -0.39 is 5.60 Å². The van der Waals surface area contributed by atoms with Crippen LogP contribution in [-0.4, -0.2) is 83.4 Å². The Labute approximate surface area is 296 Å². The van der Waals surface area contributed by atoms with E-state index in [4.69, 9.17) is 30.9 Å². The van der Waals surface area contributed by atoms with Crippen molar-refractivity contribution in [3.05, 3.63) is 63.8 Å². The molecule has 4 fully saturated rings. The molecule has 2 aliphatic carbocycles. The second-order valence-electron chi connectivity index (χ2n) is 16.1. The van der Waals surface area contributed by atoms with Gasteiger partial charge in [-0.15, -0.1) is 0 Å². The minimum atomic E-state index is -0.491. The zero-order chi connectivity index (χ0) is 34.7. The molecule has 10 heteroatoms. The smallest absolute Gasteiger partial charge is 0.410 e. The number of anilines is 1. The van der Waals surface area contributed by atoms with Gasteiger partial charge in [-0.25, -0.2) is 4.79 Å². The van der Waals surface area contributed by atoms with Crippen LogP contribution in [0.3, 0.4) is 0 Å². The number of carbonyl (C=O) groups excluding carboxylic acids is 1. The number of hydrogen-bond donors (Lipinski definition) is 0. The maximum atomic E-state index is 12.7. The monoisotopic (exact) mass is 689 g/mol. The summed E-state index contributed by atoms with van der Waals surface area (Å²) in [6.07, 6.45) is 5.30. The fourth-order valence-electron chi connectivity index (χ4n) is 8.73. The molecule has 49 heavy (non-hydrogen) atoms. The molecule has 0 bridgehead atoms. The van der Waals surface area contributed by atoms with Crippen molar-refractivity contribution in [2.75, 3.05) is 51.5 Å². The number of likely N-dealkylation sites (tertiary alicyclic amines) is 1. The van der Waals surface area contributed by atoms with Crippen molar-refractivity contribution in [2.24, 2.45) is 5.41 Å². The fraction of sp³-hybridized carbons (Fsp3) is 0.590. The van der Waals surface area contributed by atoms with Crippen LogP contribution in [0, 0.1) is 26.2 Å². The molecule has 264 valence electrons. The Kier molecular flexibility index (Phi) is 8.94. The zero-order valence-corrected chi connectivity index (χ0v) is 31.0. The summed E-state index contributed by atoms with van der Waals surface area (Å²) in [5, 5.41) is 6.29. The Balaban J connectivity index is 1.22.